The van der Waals surface area contributed by atoms with Crippen LogP contribution in [0.5, 0.6) is 0 Å². The van der Waals surface area contributed by atoms with Crippen molar-refractivity contribution in [2.75, 3.05) is 0 Å². The topological polar surface area (TPSA) is 38.9 Å². The molecule has 106 valence electrons. The minimum Gasteiger partial charge on any atom is -0.321 e. The maximum Gasteiger partial charge on any atom is 0.123 e. The Bertz CT molecular complexity index is 758. The van der Waals surface area contributed by atoms with Gasteiger partial charge >= 0.3 is 0 Å². The van der Waals surface area contributed by atoms with Crippen molar-refractivity contribution in [3.05, 3.63) is 77.7 Å². The van der Waals surface area contributed by atoms with E-state index in [9.17, 15) is 4.39 Å². The molecule has 1 aromatic heterocycles. The molecule has 3 aromatic rings. The molecule has 0 radical (unpaired) electrons. The van der Waals surface area contributed by atoms with Crippen LogP contribution in [-0.4, -0.2) is 4.98 Å². The minimum absolute atomic E-state index is 0.230. The van der Waals surface area contributed by atoms with Crippen molar-refractivity contribution in [1.29, 1.82) is 0 Å². The fraction of sp³-hybridized carbons (Fsp3) is 0.167. The van der Waals surface area contributed by atoms with Crippen LogP contribution in [0.1, 0.15) is 18.1 Å². The highest BCUT2D eigenvalue weighted by molar-refractivity contribution is 5.83. The zero-order valence-electron chi connectivity index (χ0n) is 11.9. The van der Waals surface area contributed by atoms with Crippen LogP contribution in [0.25, 0.3) is 10.9 Å². The Morgan fingerprint density at radius 1 is 1.05 bits per heavy atom. The fourth-order valence-electron chi connectivity index (χ4n) is 2.72. The third kappa shape index (κ3) is 2.78. The number of aromatic nitrogens is 1. The van der Waals surface area contributed by atoms with Gasteiger partial charge in [-0.1, -0.05) is 30.3 Å². The maximum atomic E-state index is 13.0. The monoisotopic (exact) mass is 280 g/mol. The van der Waals surface area contributed by atoms with Crippen LogP contribution in [0, 0.1) is 5.82 Å². The van der Waals surface area contributed by atoms with Crippen molar-refractivity contribution in [3.8, 4) is 0 Å². The molecule has 1 unspecified atom stereocenters. The predicted octanol–water partition coefficient (Wildman–Crippen LogP) is 3.79. The van der Waals surface area contributed by atoms with Crippen LogP contribution in [-0.2, 0) is 12.0 Å². The summed E-state index contributed by atoms with van der Waals surface area (Å²) in [7, 11) is 0. The molecule has 0 fully saturated rings. The molecule has 0 saturated heterocycles. The van der Waals surface area contributed by atoms with Gasteiger partial charge in [-0.2, -0.15) is 0 Å². The predicted molar refractivity (Wildman–Crippen MR) is 83.4 cm³/mol. The Morgan fingerprint density at radius 3 is 2.57 bits per heavy atom. The molecular weight excluding hydrogens is 263 g/mol. The largest absolute Gasteiger partial charge is 0.321 e. The van der Waals surface area contributed by atoms with E-state index in [4.69, 9.17) is 5.73 Å². The standard InChI is InChI=1S/C18H17FN2/c1-18(20,12-13-7-9-14(19)10-8-13)16-5-2-6-17-15(16)4-3-11-21-17/h2-11H,12,20H2,1H3. The lowest BCUT2D eigenvalue weighted by Gasteiger charge is -2.27. The molecule has 2 aromatic carbocycles. The number of fused-ring (bicyclic) bond motifs is 1. The molecule has 0 spiro atoms. The molecule has 0 aliphatic rings. The summed E-state index contributed by atoms with van der Waals surface area (Å²) < 4.78 is 13.0. The molecule has 21 heavy (non-hydrogen) atoms. The van der Waals surface area contributed by atoms with Crippen molar-refractivity contribution >= 4 is 10.9 Å². The van der Waals surface area contributed by atoms with Gasteiger partial charge in [0, 0.05) is 17.1 Å². The average Bonchev–Trinajstić information content (AvgIpc) is 2.49. The van der Waals surface area contributed by atoms with Gasteiger partial charge in [0.05, 0.1) is 5.52 Å². The summed E-state index contributed by atoms with van der Waals surface area (Å²) in [5.74, 6) is -0.230. The highest BCUT2D eigenvalue weighted by atomic mass is 19.1. The van der Waals surface area contributed by atoms with E-state index in [2.05, 4.69) is 4.98 Å². The molecule has 3 rings (SSSR count). The highest BCUT2D eigenvalue weighted by Gasteiger charge is 2.24. The van der Waals surface area contributed by atoms with Crippen molar-refractivity contribution in [2.24, 2.45) is 5.73 Å². The van der Waals surface area contributed by atoms with E-state index in [0.29, 0.717) is 6.42 Å². The van der Waals surface area contributed by atoms with E-state index in [0.717, 1.165) is 22.0 Å². The number of nitrogens with zero attached hydrogens (tertiary/aromatic N) is 1. The summed E-state index contributed by atoms with van der Waals surface area (Å²) in [4.78, 5) is 4.37. The lowest BCUT2D eigenvalue weighted by Crippen LogP contribution is -2.35. The average molecular weight is 280 g/mol. The third-order valence-corrected chi connectivity index (χ3v) is 3.75. The second-order valence-electron chi connectivity index (χ2n) is 5.60. The molecule has 0 aliphatic carbocycles. The van der Waals surface area contributed by atoms with Crippen LogP contribution in [0.2, 0.25) is 0 Å². The van der Waals surface area contributed by atoms with Gasteiger partial charge < -0.3 is 5.73 Å². The third-order valence-electron chi connectivity index (χ3n) is 3.75. The zero-order chi connectivity index (χ0) is 14.9. The lowest BCUT2D eigenvalue weighted by molar-refractivity contribution is 0.495. The fourth-order valence-corrected chi connectivity index (χ4v) is 2.72. The molecular formula is C18H17FN2. The summed E-state index contributed by atoms with van der Waals surface area (Å²) in [5.41, 5.74) is 9.02. The Morgan fingerprint density at radius 2 is 1.81 bits per heavy atom. The Kier molecular flexibility index (Phi) is 3.43. The number of rotatable bonds is 3. The molecule has 1 atom stereocenters. The van der Waals surface area contributed by atoms with Crippen LogP contribution in [0.15, 0.2) is 60.8 Å². The second-order valence-corrected chi connectivity index (χ2v) is 5.60. The summed E-state index contributed by atoms with van der Waals surface area (Å²) in [6.45, 7) is 2.00. The van der Waals surface area contributed by atoms with Gasteiger partial charge in [0.15, 0.2) is 0 Å². The van der Waals surface area contributed by atoms with E-state index in [1.54, 1.807) is 18.3 Å². The van der Waals surface area contributed by atoms with Gasteiger partial charge in [-0.3, -0.25) is 4.98 Å². The number of benzene rings is 2. The van der Waals surface area contributed by atoms with Gasteiger partial charge in [0.1, 0.15) is 5.82 Å². The first kappa shape index (κ1) is 13.7. The van der Waals surface area contributed by atoms with E-state index >= 15 is 0 Å². The molecule has 2 N–H and O–H groups in total. The Labute approximate surface area is 123 Å². The number of halogens is 1. The SMILES string of the molecule is CC(N)(Cc1ccc(F)cc1)c1cccc2ncccc12. The first-order valence-corrected chi connectivity index (χ1v) is 6.94. The molecule has 0 amide bonds. The van der Waals surface area contributed by atoms with Crippen molar-refractivity contribution in [1.82, 2.24) is 4.98 Å². The second kappa shape index (κ2) is 5.26. The van der Waals surface area contributed by atoms with Gasteiger partial charge in [-0.05, 0) is 48.7 Å². The first-order valence-electron chi connectivity index (χ1n) is 6.94. The Balaban J connectivity index is 2.01. The van der Waals surface area contributed by atoms with Gasteiger partial charge in [-0.15, -0.1) is 0 Å². The van der Waals surface area contributed by atoms with Crippen molar-refractivity contribution < 1.29 is 4.39 Å². The zero-order valence-corrected chi connectivity index (χ0v) is 11.9. The molecule has 0 aliphatic heterocycles. The summed E-state index contributed by atoms with van der Waals surface area (Å²) in [5, 5.41) is 1.06. The van der Waals surface area contributed by atoms with E-state index in [1.165, 1.54) is 12.1 Å². The highest BCUT2D eigenvalue weighted by Crippen LogP contribution is 2.28. The normalized spacial score (nSPS) is 14.0. The minimum atomic E-state index is -0.541. The number of nitrogens with two attached hydrogens (primary N) is 1. The number of hydrogen-bond acceptors (Lipinski definition) is 2. The van der Waals surface area contributed by atoms with E-state index in [-0.39, 0.29) is 5.82 Å². The Hall–Kier alpha value is -2.26. The molecule has 1 heterocycles. The van der Waals surface area contributed by atoms with Crippen LogP contribution < -0.4 is 5.73 Å². The number of hydrogen-bond donors (Lipinski definition) is 1. The number of pyridine rings is 1. The quantitative estimate of drug-likeness (QED) is 0.792. The van der Waals surface area contributed by atoms with Crippen molar-refractivity contribution in [2.45, 2.75) is 18.9 Å². The summed E-state index contributed by atoms with van der Waals surface area (Å²) in [6, 6.07) is 16.4. The molecule has 0 bridgehead atoms. The molecule has 0 saturated carbocycles. The van der Waals surface area contributed by atoms with E-state index < -0.39 is 5.54 Å². The van der Waals surface area contributed by atoms with Crippen LogP contribution in [0.3, 0.4) is 0 Å². The van der Waals surface area contributed by atoms with E-state index in [1.807, 2.05) is 37.3 Å². The maximum absolute atomic E-state index is 13.0. The summed E-state index contributed by atoms with van der Waals surface area (Å²) >= 11 is 0. The van der Waals surface area contributed by atoms with Crippen LogP contribution >= 0.6 is 0 Å². The van der Waals surface area contributed by atoms with Crippen molar-refractivity contribution in [3.63, 3.8) is 0 Å². The van der Waals surface area contributed by atoms with Gasteiger partial charge in [-0.25, -0.2) is 4.39 Å². The lowest BCUT2D eigenvalue weighted by atomic mass is 9.84. The first-order chi connectivity index (χ1) is 10.1. The smallest absolute Gasteiger partial charge is 0.123 e. The molecule has 3 heteroatoms. The summed E-state index contributed by atoms with van der Waals surface area (Å²) in [6.07, 6.45) is 2.42. The van der Waals surface area contributed by atoms with Crippen LogP contribution in [0.4, 0.5) is 4.39 Å². The molecule has 2 nitrogen and oxygen atoms in total. The van der Waals surface area contributed by atoms with Gasteiger partial charge in [0.2, 0.25) is 0 Å². The van der Waals surface area contributed by atoms with Gasteiger partial charge in [0.25, 0.3) is 0 Å².